The number of carbonyl (C=O) groups is 2. The van der Waals surface area contributed by atoms with Gasteiger partial charge in [0.2, 0.25) is 0 Å². The second kappa shape index (κ2) is 7.35. The molecule has 2 unspecified atom stereocenters. The van der Waals surface area contributed by atoms with Crippen molar-refractivity contribution in [3.05, 3.63) is 52.6 Å². The first kappa shape index (κ1) is 18.6. The van der Waals surface area contributed by atoms with E-state index in [0.29, 0.717) is 37.3 Å². The zero-order valence-corrected chi connectivity index (χ0v) is 15.7. The maximum absolute atomic E-state index is 13.8. The van der Waals surface area contributed by atoms with E-state index < -0.39 is 5.82 Å². The van der Waals surface area contributed by atoms with Crippen molar-refractivity contribution in [3.8, 4) is 0 Å². The van der Waals surface area contributed by atoms with E-state index in [2.05, 4.69) is 10.2 Å². The lowest BCUT2D eigenvalue weighted by Gasteiger charge is -2.32. The standard InChI is InChI=1S/C20H23FN4O3/c1-2-12-3-14(6-15(21)4-12)19(27)24-8-13-5-17(10-24)25(9-13)20(28)18-7-16(11-26)22-23-18/h3-4,6-7,13,17,26H,2,5,8-11H2,1H3,(H,22,23). The number of aryl methyl sites for hydroxylation is 1. The van der Waals surface area contributed by atoms with Gasteiger partial charge in [0, 0.05) is 25.2 Å². The molecule has 3 heterocycles. The number of hydrogen-bond acceptors (Lipinski definition) is 4. The van der Waals surface area contributed by atoms with Crippen molar-refractivity contribution in [2.45, 2.75) is 32.4 Å². The van der Waals surface area contributed by atoms with E-state index in [1.165, 1.54) is 12.1 Å². The molecule has 2 fully saturated rings. The zero-order chi connectivity index (χ0) is 19.8. The fourth-order valence-corrected chi connectivity index (χ4v) is 4.23. The number of likely N-dealkylation sites (tertiary alicyclic amines) is 2. The maximum atomic E-state index is 13.8. The van der Waals surface area contributed by atoms with Gasteiger partial charge in [-0.05, 0) is 48.6 Å². The fourth-order valence-electron chi connectivity index (χ4n) is 4.23. The molecule has 2 N–H and O–H groups in total. The van der Waals surface area contributed by atoms with Crippen LogP contribution >= 0.6 is 0 Å². The number of nitrogens with zero attached hydrogens (tertiary/aromatic N) is 3. The summed E-state index contributed by atoms with van der Waals surface area (Å²) in [5.41, 5.74) is 1.90. The van der Waals surface area contributed by atoms with Crippen LogP contribution in [-0.2, 0) is 13.0 Å². The molecule has 1 aromatic heterocycles. The third-order valence-electron chi connectivity index (χ3n) is 5.59. The van der Waals surface area contributed by atoms with Crippen molar-refractivity contribution in [1.29, 1.82) is 0 Å². The molecule has 1 aromatic carbocycles. The summed E-state index contributed by atoms with van der Waals surface area (Å²) in [5.74, 6) is -0.600. The van der Waals surface area contributed by atoms with Crippen LogP contribution in [0.15, 0.2) is 24.3 Å². The number of hydrogen-bond donors (Lipinski definition) is 2. The van der Waals surface area contributed by atoms with Gasteiger partial charge in [-0.15, -0.1) is 0 Å². The summed E-state index contributed by atoms with van der Waals surface area (Å²) in [6, 6.07) is 5.93. The van der Waals surface area contributed by atoms with Gasteiger partial charge in [-0.3, -0.25) is 14.7 Å². The third-order valence-corrected chi connectivity index (χ3v) is 5.59. The number of carbonyl (C=O) groups excluding carboxylic acids is 2. The second-order valence-electron chi connectivity index (χ2n) is 7.56. The van der Waals surface area contributed by atoms with Gasteiger partial charge < -0.3 is 14.9 Å². The lowest BCUT2D eigenvalue weighted by Crippen LogP contribution is -2.46. The van der Waals surface area contributed by atoms with Gasteiger partial charge in [-0.1, -0.05) is 6.92 Å². The van der Waals surface area contributed by atoms with Crippen molar-refractivity contribution in [2.24, 2.45) is 5.92 Å². The number of benzene rings is 1. The van der Waals surface area contributed by atoms with Gasteiger partial charge >= 0.3 is 0 Å². The highest BCUT2D eigenvalue weighted by atomic mass is 19.1. The molecule has 2 aliphatic heterocycles. The summed E-state index contributed by atoms with van der Waals surface area (Å²) in [4.78, 5) is 29.2. The Bertz CT molecular complexity index is 913. The molecule has 2 aromatic rings. The number of aliphatic hydroxyl groups is 1. The van der Waals surface area contributed by atoms with Crippen molar-refractivity contribution in [1.82, 2.24) is 20.0 Å². The number of aromatic nitrogens is 2. The first-order chi connectivity index (χ1) is 13.5. The van der Waals surface area contributed by atoms with Crippen LogP contribution < -0.4 is 0 Å². The molecule has 0 radical (unpaired) electrons. The molecule has 8 heteroatoms. The maximum Gasteiger partial charge on any atom is 0.274 e. The molecule has 0 saturated carbocycles. The molecule has 7 nitrogen and oxygen atoms in total. The van der Waals surface area contributed by atoms with Crippen molar-refractivity contribution in [2.75, 3.05) is 19.6 Å². The number of nitrogens with one attached hydrogen (secondary N) is 1. The van der Waals surface area contributed by atoms with E-state index in [-0.39, 0.29) is 36.1 Å². The summed E-state index contributed by atoms with van der Waals surface area (Å²) < 4.78 is 13.8. The van der Waals surface area contributed by atoms with Crippen LogP contribution in [-0.4, -0.2) is 62.6 Å². The highest BCUT2D eigenvalue weighted by molar-refractivity contribution is 5.95. The Kier molecular flexibility index (Phi) is 4.89. The Labute approximate surface area is 162 Å². The number of amides is 2. The summed E-state index contributed by atoms with van der Waals surface area (Å²) in [6.07, 6.45) is 1.50. The average molecular weight is 386 g/mol. The van der Waals surface area contributed by atoms with Crippen LogP contribution in [0.2, 0.25) is 0 Å². The van der Waals surface area contributed by atoms with E-state index in [1.54, 1.807) is 21.9 Å². The monoisotopic (exact) mass is 386 g/mol. The zero-order valence-electron chi connectivity index (χ0n) is 15.7. The Balaban J connectivity index is 1.50. The largest absolute Gasteiger partial charge is 0.390 e. The predicted octanol–water partition coefficient (Wildman–Crippen LogP) is 1.59. The van der Waals surface area contributed by atoms with Gasteiger partial charge in [0.15, 0.2) is 5.69 Å². The van der Waals surface area contributed by atoms with E-state index >= 15 is 0 Å². The molecule has 148 valence electrons. The first-order valence-corrected chi connectivity index (χ1v) is 9.53. The molecule has 2 atom stereocenters. The molecular formula is C20H23FN4O3. The Morgan fingerprint density at radius 2 is 2.04 bits per heavy atom. The molecule has 2 aliphatic rings. The van der Waals surface area contributed by atoms with Crippen LogP contribution in [0.3, 0.4) is 0 Å². The van der Waals surface area contributed by atoms with E-state index in [0.717, 1.165) is 12.0 Å². The lowest BCUT2D eigenvalue weighted by atomic mass is 9.98. The van der Waals surface area contributed by atoms with Crippen molar-refractivity contribution >= 4 is 11.8 Å². The molecule has 0 aliphatic carbocycles. The minimum Gasteiger partial charge on any atom is -0.390 e. The second-order valence-corrected chi connectivity index (χ2v) is 7.56. The number of piperidine rings is 1. The van der Waals surface area contributed by atoms with E-state index in [1.807, 2.05) is 6.92 Å². The minimum absolute atomic E-state index is 0.0799. The smallest absolute Gasteiger partial charge is 0.274 e. The predicted molar refractivity (Wildman–Crippen MR) is 99.1 cm³/mol. The van der Waals surface area contributed by atoms with Crippen molar-refractivity contribution in [3.63, 3.8) is 0 Å². The van der Waals surface area contributed by atoms with E-state index in [4.69, 9.17) is 5.11 Å². The molecule has 28 heavy (non-hydrogen) atoms. The summed E-state index contributed by atoms with van der Waals surface area (Å²) in [7, 11) is 0. The van der Waals surface area contributed by atoms with Crippen molar-refractivity contribution < 1.29 is 19.1 Å². The summed E-state index contributed by atoms with van der Waals surface area (Å²) in [5, 5.41) is 15.8. The summed E-state index contributed by atoms with van der Waals surface area (Å²) in [6.45, 7) is 3.26. The Hall–Kier alpha value is -2.74. The SMILES string of the molecule is CCc1cc(F)cc(C(=O)N2CC3CC(C2)N(C(=O)c2cc(CO)[nH]n2)C3)c1. The molecule has 4 rings (SSSR count). The van der Waals surface area contributed by atoms with E-state index in [9.17, 15) is 14.0 Å². The summed E-state index contributed by atoms with van der Waals surface area (Å²) >= 11 is 0. The van der Waals surface area contributed by atoms with Gasteiger partial charge in [0.1, 0.15) is 5.82 Å². The van der Waals surface area contributed by atoms with Crippen LogP contribution in [0.4, 0.5) is 4.39 Å². The average Bonchev–Trinajstić information content (AvgIpc) is 3.30. The van der Waals surface area contributed by atoms with Crippen LogP contribution in [0.5, 0.6) is 0 Å². The first-order valence-electron chi connectivity index (χ1n) is 9.53. The quantitative estimate of drug-likeness (QED) is 0.835. The number of H-pyrrole nitrogens is 1. The fraction of sp³-hybridized carbons (Fsp3) is 0.450. The number of rotatable bonds is 4. The normalized spacial score (nSPS) is 21.2. The molecule has 0 spiro atoms. The topological polar surface area (TPSA) is 89.5 Å². The Morgan fingerprint density at radius 3 is 2.75 bits per heavy atom. The molecule has 2 bridgehead atoms. The van der Waals surface area contributed by atoms with Crippen LogP contribution in [0, 0.1) is 11.7 Å². The number of fused-ring (bicyclic) bond motifs is 2. The van der Waals surface area contributed by atoms with Gasteiger partial charge in [0.05, 0.1) is 18.3 Å². The lowest BCUT2D eigenvalue weighted by molar-refractivity contribution is 0.0616. The van der Waals surface area contributed by atoms with Gasteiger partial charge in [-0.2, -0.15) is 5.10 Å². The van der Waals surface area contributed by atoms with Gasteiger partial charge in [0.25, 0.3) is 11.8 Å². The number of halogens is 1. The van der Waals surface area contributed by atoms with Crippen LogP contribution in [0.25, 0.3) is 0 Å². The van der Waals surface area contributed by atoms with Crippen LogP contribution in [0.1, 0.15) is 45.4 Å². The highest BCUT2D eigenvalue weighted by Crippen LogP contribution is 2.31. The highest BCUT2D eigenvalue weighted by Gasteiger charge is 2.43. The van der Waals surface area contributed by atoms with Gasteiger partial charge in [-0.25, -0.2) is 4.39 Å². The minimum atomic E-state index is -0.405. The molecule has 2 saturated heterocycles. The molecule has 2 amide bonds. The number of aliphatic hydroxyl groups excluding tert-OH is 1. The molecular weight excluding hydrogens is 363 g/mol. The number of aromatic amines is 1. The third kappa shape index (κ3) is 3.40. The Morgan fingerprint density at radius 1 is 1.21 bits per heavy atom.